The number of amides is 1. The van der Waals surface area contributed by atoms with E-state index in [9.17, 15) is 13.6 Å². The Morgan fingerprint density at radius 3 is 2.31 bits per heavy atom. The third-order valence-electron chi connectivity index (χ3n) is 4.89. The van der Waals surface area contributed by atoms with Crippen molar-refractivity contribution in [2.24, 2.45) is 0 Å². The maximum absolute atomic E-state index is 14.0. The number of hydrogen-bond acceptors (Lipinski definition) is 3. The zero-order valence-electron chi connectivity index (χ0n) is 16.8. The van der Waals surface area contributed by atoms with Gasteiger partial charge in [-0.15, -0.1) is 0 Å². The first kappa shape index (κ1) is 22.0. The zero-order chi connectivity index (χ0) is 22.8. The molecule has 4 nitrogen and oxygen atoms in total. The van der Waals surface area contributed by atoms with Gasteiger partial charge in [-0.1, -0.05) is 41.4 Å². The summed E-state index contributed by atoms with van der Waals surface area (Å²) in [7, 11) is 0. The van der Waals surface area contributed by atoms with Crippen molar-refractivity contribution in [3.05, 3.63) is 99.2 Å². The normalized spacial score (nSPS) is 10.9. The minimum absolute atomic E-state index is 0.145. The van der Waals surface area contributed by atoms with Gasteiger partial charge in [0.2, 0.25) is 0 Å². The summed E-state index contributed by atoms with van der Waals surface area (Å²) in [6.07, 6.45) is 1.56. The van der Waals surface area contributed by atoms with Crippen LogP contribution < -0.4 is 10.1 Å². The summed E-state index contributed by atoms with van der Waals surface area (Å²) >= 11 is 12.3. The summed E-state index contributed by atoms with van der Waals surface area (Å²) in [5.41, 5.74) is 1.50. The van der Waals surface area contributed by atoms with E-state index in [1.165, 1.54) is 18.2 Å². The van der Waals surface area contributed by atoms with Crippen LogP contribution in [0.25, 0.3) is 10.9 Å². The van der Waals surface area contributed by atoms with Gasteiger partial charge in [0, 0.05) is 17.1 Å². The minimum atomic E-state index is -0.689. The number of aromatic nitrogens is 1. The minimum Gasteiger partial charge on any atom is -0.488 e. The summed E-state index contributed by atoms with van der Waals surface area (Å²) in [5, 5.41) is 3.78. The second kappa shape index (κ2) is 9.10. The van der Waals surface area contributed by atoms with E-state index >= 15 is 0 Å². The van der Waals surface area contributed by atoms with Gasteiger partial charge in [0.15, 0.2) is 0 Å². The number of aryl methyl sites for hydroxylation is 1. The number of fused-ring (bicyclic) bond motifs is 1. The highest BCUT2D eigenvalue weighted by atomic mass is 35.5. The van der Waals surface area contributed by atoms with Crippen molar-refractivity contribution in [3.8, 4) is 5.75 Å². The lowest BCUT2D eigenvalue weighted by Crippen LogP contribution is -2.14. The Hall–Kier alpha value is -3.22. The second-order valence-electron chi connectivity index (χ2n) is 7.01. The molecule has 0 fully saturated rings. The van der Waals surface area contributed by atoms with Crippen LogP contribution >= 0.6 is 23.2 Å². The van der Waals surface area contributed by atoms with E-state index in [-0.39, 0.29) is 27.8 Å². The third kappa shape index (κ3) is 4.24. The molecule has 0 aliphatic rings. The summed E-state index contributed by atoms with van der Waals surface area (Å²) in [4.78, 5) is 17.2. The van der Waals surface area contributed by atoms with Gasteiger partial charge in [0.1, 0.15) is 24.0 Å². The number of nitrogens with zero attached hydrogens (tertiary/aromatic N) is 1. The molecule has 0 spiro atoms. The highest BCUT2D eigenvalue weighted by molar-refractivity contribution is 6.40. The van der Waals surface area contributed by atoms with Crippen molar-refractivity contribution in [1.29, 1.82) is 0 Å². The first-order chi connectivity index (χ1) is 15.4. The fourth-order valence-corrected chi connectivity index (χ4v) is 3.87. The van der Waals surface area contributed by atoms with Gasteiger partial charge in [-0.05, 0) is 43.3 Å². The van der Waals surface area contributed by atoms with Gasteiger partial charge in [-0.25, -0.2) is 8.78 Å². The monoisotopic (exact) mass is 472 g/mol. The zero-order valence-corrected chi connectivity index (χ0v) is 18.3. The molecule has 0 unspecified atom stereocenters. The van der Waals surface area contributed by atoms with Crippen LogP contribution in [0.5, 0.6) is 5.75 Å². The van der Waals surface area contributed by atoms with E-state index in [1.54, 1.807) is 49.5 Å². The molecule has 0 aliphatic heterocycles. The molecule has 1 amide bonds. The van der Waals surface area contributed by atoms with Crippen molar-refractivity contribution in [2.75, 3.05) is 5.32 Å². The van der Waals surface area contributed by atoms with Crippen LogP contribution in [0.4, 0.5) is 14.5 Å². The quantitative estimate of drug-likeness (QED) is 0.341. The van der Waals surface area contributed by atoms with Crippen LogP contribution in [0.15, 0.2) is 60.8 Å². The number of carbonyl (C=O) groups is 1. The van der Waals surface area contributed by atoms with E-state index in [0.29, 0.717) is 27.9 Å². The molecule has 0 saturated heterocycles. The topological polar surface area (TPSA) is 51.2 Å². The predicted molar refractivity (Wildman–Crippen MR) is 122 cm³/mol. The summed E-state index contributed by atoms with van der Waals surface area (Å²) in [5.74, 6) is -1.47. The summed E-state index contributed by atoms with van der Waals surface area (Å²) in [6, 6.07) is 13.6. The van der Waals surface area contributed by atoms with Gasteiger partial charge in [-0.3, -0.25) is 9.78 Å². The van der Waals surface area contributed by atoms with Crippen molar-refractivity contribution in [3.63, 3.8) is 0 Å². The maximum Gasteiger partial charge on any atom is 0.258 e. The number of rotatable bonds is 5. The average Bonchev–Trinajstić information content (AvgIpc) is 2.74. The molecule has 3 aromatic carbocycles. The average molecular weight is 473 g/mol. The molecule has 4 rings (SSSR count). The molecular formula is C24H16Cl2F2N2O2. The first-order valence-electron chi connectivity index (χ1n) is 9.56. The van der Waals surface area contributed by atoms with Crippen LogP contribution in [0.2, 0.25) is 10.0 Å². The van der Waals surface area contributed by atoms with Crippen molar-refractivity contribution in [2.45, 2.75) is 13.5 Å². The molecule has 1 heterocycles. The number of halogens is 4. The van der Waals surface area contributed by atoms with Crippen LogP contribution in [-0.4, -0.2) is 10.9 Å². The number of carbonyl (C=O) groups excluding carboxylic acids is 1. The van der Waals surface area contributed by atoms with Crippen molar-refractivity contribution >= 4 is 45.7 Å². The molecule has 0 saturated carbocycles. The van der Waals surface area contributed by atoms with E-state index in [4.69, 9.17) is 27.9 Å². The Morgan fingerprint density at radius 2 is 1.62 bits per heavy atom. The molecule has 32 heavy (non-hydrogen) atoms. The molecule has 0 atom stereocenters. The van der Waals surface area contributed by atoms with Gasteiger partial charge in [0.05, 0.1) is 32.4 Å². The molecule has 0 radical (unpaired) electrons. The van der Waals surface area contributed by atoms with E-state index < -0.39 is 17.5 Å². The lowest BCUT2D eigenvalue weighted by Gasteiger charge is -2.15. The molecule has 4 aromatic rings. The number of para-hydroxylation sites is 1. The van der Waals surface area contributed by atoms with Crippen LogP contribution in [0.3, 0.4) is 0 Å². The Balaban J connectivity index is 1.69. The Bertz CT molecular complexity index is 1300. The van der Waals surface area contributed by atoms with Gasteiger partial charge in [0.25, 0.3) is 5.91 Å². The molecule has 0 bridgehead atoms. The largest absolute Gasteiger partial charge is 0.488 e. The van der Waals surface area contributed by atoms with Gasteiger partial charge in [-0.2, -0.15) is 0 Å². The van der Waals surface area contributed by atoms with Crippen molar-refractivity contribution in [1.82, 2.24) is 4.98 Å². The smallest absolute Gasteiger partial charge is 0.258 e. The Kier molecular flexibility index (Phi) is 6.26. The number of anilines is 1. The summed E-state index contributed by atoms with van der Waals surface area (Å²) < 4.78 is 33.8. The van der Waals surface area contributed by atoms with Crippen LogP contribution in [0, 0.1) is 18.6 Å². The standard InChI is InChI=1S/C24H16Cl2F2N2O2/c1-13-11-29-22-14(23(13)32-12-15-18(27)8-4-9-19(15)28)5-2-10-20(22)30-24(31)21-16(25)6-3-7-17(21)26/h2-11H,12H2,1H3,(H,30,31). The van der Waals surface area contributed by atoms with Gasteiger partial charge < -0.3 is 10.1 Å². The molecule has 8 heteroatoms. The maximum atomic E-state index is 14.0. The SMILES string of the molecule is Cc1cnc2c(NC(=O)c3c(Cl)cccc3Cl)cccc2c1OCc1c(F)cccc1F. The third-order valence-corrected chi connectivity index (χ3v) is 5.52. The van der Waals surface area contributed by atoms with Crippen LogP contribution in [-0.2, 0) is 6.61 Å². The molecule has 0 aliphatic carbocycles. The lowest BCUT2D eigenvalue weighted by atomic mass is 10.1. The number of hydrogen-bond donors (Lipinski definition) is 1. The second-order valence-corrected chi connectivity index (χ2v) is 7.83. The molecule has 1 aromatic heterocycles. The number of pyridine rings is 1. The van der Waals surface area contributed by atoms with E-state index in [0.717, 1.165) is 0 Å². The van der Waals surface area contributed by atoms with Crippen molar-refractivity contribution < 1.29 is 18.3 Å². The first-order valence-corrected chi connectivity index (χ1v) is 10.3. The fraction of sp³-hybridized carbons (Fsp3) is 0.0833. The number of benzene rings is 3. The lowest BCUT2D eigenvalue weighted by molar-refractivity contribution is 0.102. The van der Waals surface area contributed by atoms with Gasteiger partial charge >= 0.3 is 0 Å². The molecular weight excluding hydrogens is 457 g/mol. The van der Waals surface area contributed by atoms with E-state index in [1.807, 2.05) is 0 Å². The number of ether oxygens (including phenoxy) is 1. The Morgan fingerprint density at radius 1 is 1.00 bits per heavy atom. The number of nitrogens with one attached hydrogen (secondary N) is 1. The molecule has 162 valence electrons. The fourth-order valence-electron chi connectivity index (χ4n) is 3.30. The van der Waals surface area contributed by atoms with Crippen LogP contribution in [0.1, 0.15) is 21.5 Å². The van der Waals surface area contributed by atoms with E-state index in [2.05, 4.69) is 10.3 Å². The molecule has 1 N–H and O–H groups in total. The summed E-state index contributed by atoms with van der Waals surface area (Å²) in [6.45, 7) is 1.47. The highest BCUT2D eigenvalue weighted by Crippen LogP contribution is 2.34. The predicted octanol–water partition coefficient (Wildman–Crippen LogP) is 6.96. The highest BCUT2D eigenvalue weighted by Gasteiger charge is 2.18. The Labute approximate surface area is 192 Å².